The summed E-state index contributed by atoms with van der Waals surface area (Å²) in [4.78, 5) is 0. The van der Waals surface area contributed by atoms with Gasteiger partial charge in [-0.15, -0.1) is 0 Å². The Labute approximate surface area is 97.3 Å². The lowest BCUT2D eigenvalue weighted by molar-refractivity contribution is 0.613. The largest absolute Gasteiger partial charge is 0.399 e. The van der Waals surface area contributed by atoms with Gasteiger partial charge in [0.1, 0.15) is 11.5 Å². The highest BCUT2D eigenvalue weighted by Gasteiger charge is 2.08. The zero-order valence-corrected chi connectivity index (χ0v) is 8.97. The average Bonchev–Trinajstić information content (AvgIpc) is 2.72. The lowest BCUT2D eigenvalue weighted by Gasteiger charge is -2.04. The summed E-state index contributed by atoms with van der Waals surface area (Å²) < 4.78 is 15.2. The molecule has 1 aromatic heterocycles. The molecule has 84 valence electrons. The molecule has 0 aliphatic heterocycles. The first-order chi connectivity index (χ1) is 8.25. The lowest BCUT2D eigenvalue weighted by atomic mass is 10.2. The Bertz CT molecular complexity index is 688. The monoisotopic (exact) mass is 227 g/mol. The number of anilines is 1. The normalized spacial score (nSPS) is 10.9. The van der Waals surface area contributed by atoms with Gasteiger partial charge in [-0.2, -0.15) is 5.10 Å². The molecule has 0 aliphatic rings. The van der Waals surface area contributed by atoms with E-state index in [9.17, 15) is 4.39 Å². The Morgan fingerprint density at radius 1 is 1.12 bits per heavy atom. The number of nitrogens with two attached hydrogens (primary N) is 1. The van der Waals surface area contributed by atoms with Crippen LogP contribution in [0.5, 0.6) is 0 Å². The number of nitrogens with zero attached hydrogens (tertiary/aromatic N) is 2. The molecule has 0 amide bonds. The Kier molecular flexibility index (Phi) is 2.08. The van der Waals surface area contributed by atoms with Crippen LogP contribution < -0.4 is 5.73 Å². The van der Waals surface area contributed by atoms with Crippen molar-refractivity contribution in [1.29, 1.82) is 0 Å². The molecule has 3 aromatic rings. The summed E-state index contributed by atoms with van der Waals surface area (Å²) in [6, 6.07) is 12.0. The maximum atomic E-state index is 13.7. The minimum Gasteiger partial charge on any atom is -0.399 e. The Balaban J connectivity index is 2.31. The number of nitrogen functional groups attached to an aromatic ring is 1. The summed E-state index contributed by atoms with van der Waals surface area (Å²) >= 11 is 0. The predicted octanol–water partition coefficient (Wildman–Crippen LogP) is 2.75. The first-order valence-corrected chi connectivity index (χ1v) is 5.24. The summed E-state index contributed by atoms with van der Waals surface area (Å²) in [7, 11) is 0. The van der Waals surface area contributed by atoms with Crippen molar-refractivity contribution in [2.75, 3.05) is 5.73 Å². The molecule has 0 aliphatic carbocycles. The molecule has 0 unspecified atom stereocenters. The van der Waals surface area contributed by atoms with Crippen molar-refractivity contribution in [3.05, 3.63) is 54.5 Å². The van der Waals surface area contributed by atoms with Crippen molar-refractivity contribution in [3.8, 4) is 5.69 Å². The number of hydrogen-bond donors (Lipinski definition) is 1. The first kappa shape index (κ1) is 9.84. The number of fused-ring (bicyclic) bond motifs is 1. The predicted molar refractivity (Wildman–Crippen MR) is 65.4 cm³/mol. The van der Waals surface area contributed by atoms with E-state index >= 15 is 0 Å². The number of benzene rings is 2. The first-order valence-electron chi connectivity index (χ1n) is 5.24. The van der Waals surface area contributed by atoms with E-state index in [0.717, 1.165) is 10.9 Å². The molecule has 0 atom stereocenters. The number of para-hydroxylation sites is 1. The Morgan fingerprint density at radius 2 is 1.94 bits per heavy atom. The molecular formula is C13H10FN3. The molecule has 0 saturated heterocycles. The van der Waals surface area contributed by atoms with E-state index in [4.69, 9.17) is 5.73 Å². The third-order valence-electron chi connectivity index (χ3n) is 2.68. The SMILES string of the molecule is Nc1ccc2cnn(-c3ccccc3F)c2c1. The van der Waals surface area contributed by atoms with Gasteiger partial charge >= 0.3 is 0 Å². The van der Waals surface area contributed by atoms with Crippen LogP contribution in [0, 0.1) is 5.82 Å². The second kappa shape index (κ2) is 3.59. The van der Waals surface area contributed by atoms with E-state index < -0.39 is 0 Å². The standard InChI is InChI=1S/C13H10FN3/c14-11-3-1-2-4-12(11)17-13-7-10(15)6-5-9(13)8-16-17/h1-8H,15H2. The second-order valence-corrected chi connectivity index (χ2v) is 3.83. The molecule has 2 N–H and O–H groups in total. The van der Waals surface area contributed by atoms with Gasteiger partial charge in [-0.25, -0.2) is 9.07 Å². The van der Waals surface area contributed by atoms with Crippen LogP contribution in [0.3, 0.4) is 0 Å². The van der Waals surface area contributed by atoms with E-state index in [0.29, 0.717) is 11.4 Å². The molecule has 2 aromatic carbocycles. The van der Waals surface area contributed by atoms with Crippen LogP contribution in [0.25, 0.3) is 16.6 Å². The zero-order chi connectivity index (χ0) is 11.8. The van der Waals surface area contributed by atoms with Gasteiger partial charge in [-0.3, -0.25) is 0 Å². The fraction of sp³-hybridized carbons (Fsp3) is 0. The van der Waals surface area contributed by atoms with Gasteiger partial charge in [-0.05, 0) is 30.3 Å². The van der Waals surface area contributed by atoms with E-state index in [2.05, 4.69) is 5.10 Å². The van der Waals surface area contributed by atoms with Crippen LogP contribution in [0.1, 0.15) is 0 Å². The number of rotatable bonds is 1. The molecule has 3 nitrogen and oxygen atoms in total. The van der Waals surface area contributed by atoms with Crippen LogP contribution >= 0.6 is 0 Å². The molecule has 0 fully saturated rings. The van der Waals surface area contributed by atoms with Crippen LogP contribution in [0.15, 0.2) is 48.7 Å². The molecule has 4 heteroatoms. The summed E-state index contributed by atoms with van der Waals surface area (Å²) in [5.41, 5.74) is 7.59. The summed E-state index contributed by atoms with van der Waals surface area (Å²) in [5.74, 6) is -0.306. The zero-order valence-electron chi connectivity index (χ0n) is 8.97. The van der Waals surface area contributed by atoms with Crippen LogP contribution in [-0.4, -0.2) is 9.78 Å². The quantitative estimate of drug-likeness (QED) is 0.649. The Hall–Kier alpha value is -2.36. The van der Waals surface area contributed by atoms with E-state index in [1.807, 2.05) is 6.07 Å². The summed E-state index contributed by atoms with van der Waals surface area (Å²) in [6.45, 7) is 0. The minimum atomic E-state index is -0.306. The molecule has 0 radical (unpaired) electrons. The molecule has 0 bridgehead atoms. The van der Waals surface area contributed by atoms with Crippen LogP contribution in [0.4, 0.5) is 10.1 Å². The van der Waals surface area contributed by atoms with Crippen molar-refractivity contribution < 1.29 is 4.39 Å². The Morgan fingerprint density at radius 3 is 2.76 bits per heavy atom. The number of halogens is 1. The van der Waals surface area contributed by atoms with Crippen LogP contribution in [0.2, 0.25) is 0 Å². The second-order valence-electron chi connectivity index (χ2n) is 3.83. The topological polar surface area (TPSA) is 43.8 Å². The molecule has 0 saturated carbocycles. The molecular weight excluding hydrogens is 217 g/mol. The van der Waals surface area contributed by atoms with E-state index in [1.54, 1.807) is 41.2 Å². The minimum absolute atomic E-state index is 0.306. The summed E-state index contributed by atoms with van der Waals surface area (Å²) in [5, 5.41) is 5.12. The highest BCUT2D eigenvalue weighted by atomic mass is 19.1. The number of aromatic nitrogens is 2. The van der Waals surface area contributed by atoms with Gasteiger partial charge in [0.05, 0.1) is 11.7 Å². The van der Waals surface area contributed by atoms with Gasteiger partial charge in [-0.1, -0.05) is 12.1 Å². The smallest absolute Gasteiger partial charge is 0.148 e. The molecule has 17 heavy (non-hydrogen) atoms. The van der Waals surface area contributed by atoms with Gasteiger partial charge in [0.25, 0.3) is 0 Å². The molecule has 0 spiro atoms. The van der Waals surface area contributed by atoms with Gasteiger partial charge in [0.2, 0.25) is 0 Å². The third-order valence-corrected chi connectivity index (χ3v) is 2.68. The van der Waals surface area contributed by atoms with Crippen LogP contribution in [-0.2, 0) is 0 Å². The lowest BCUT2D eigenvalue weighted by Crippen LogP contribution is -1.99. The highest BCUT2D eigenvalue weighted by Crippen LogP contribution is 2.21. The van der Waals surface area contributed by atoms with Crippen molar-refractivity contribution in [3.63, 3.8) is 0 Å². The van der Waals surface area contributed by atoms with Gasteiger partial charge in [0, 0.05) is 11.1 Å². The highest BCUT2D eigenvalue weighted by molar-refractivity contribution is 5.83. The fourth-order valence-electron chi connectivity index (χ4n) is 1.85. The fourth-order valence-corrected chi connectivity index (χ4v) is 1.85. The maximum Gasteiger partial charge on any atom is 0.148 e. The molecule has 1 heterocycles. The summed E-state index contributed by atoms with van der Waals surface area (Å²) in [6.07, 6.45) is 1.70. The maximum absolute atomic E-state index is 13.7. The number of hydrogen-bond acceptors (Lipinski definition) is 2. The van der Waals surface area contributed by atoms with Gasteiger partial charge < -0.3 is 5.73 Å². The van der Waals surface area contributed by atoms with Crippen molar-refractivity contribution in [2.45, 2.75) is 0 Å². The average molecular weight is 227 g/mol. The van der Waals surface area contributed by atoms with Crippen molar-refractivity contribution >= 4 is 16.6 Å². The van der Waals surface area contributed by atoms with E-state index in [1.165, 1.54) is 6.07 Å². The molecule has 3 rings (SSSR count). The van der Waals surface area contributed by atoms with Crippen molar-refractivity contribution in [2.24, 2.45) is 0 Å². The van der Waals surface area contributed by atoms with E-state index in [-0.39, 0.29) is 5.82 Å². The van der Waals surface area contributed by atoms with Crippen molar-refractivity contribution in [1.82, 2.24) is 9.78 Å². The third kappa shape index (κ3) is 1.54. The van der Waals surface area contributed by atoms with Gasteiger partial charge in [0.15, 0.2) is 0 Å².